The average Bonchev–Trinajstić information content (AvgIpc) is 3.11. The molecule has 1 heterocycles. The van der Waals surface area contributed by atoms with E-state index in [1.807, 2.05) is 55.5 Å². The summed E-state index contributed by atoms with van der Waals surface area (Å²) in [6, 6.07) is 19.8. The third-order valence-electron chi connectivity index (χ3n) is 4.57. The SMILES string of the molecule is CCc1n[nH]c(=S)n1/N=C\c1c(OCc2ccc(Cl)cc2)ccc2ccccc12. The Bertz CT molecular complexity index is 1230. The monoisotopic (exact) mass is 422 g/mol. The maximum atomic E-state index is 6.13. The van der Waals surface area contributed by atoms with E-state index >= 15 is 0 Å². The van der Waals surface area contributed by atoms with E-state index in [9.17, 15) is 0 Å². The van der Waals surface area contributed by atoms with Crippen LogP contribution in [0.4, 0.5) is 0 Å². The summed E-state index contributed by atoms with van der Waals surface area (Å²) in [4.78, 5) is 0. The molecule has 0 saturated heterocycles. The van der Waals surface area contributed by atoms with Gasteiger partial charge in [-0.15, -0.1) is 0 Å². The number of aromatic amines is 1. The van der Waals surface area contributed by atoms with Crippen LogP contribution >= 0.6 is 23.8 Å². The number of hydrogen-bond acceptors (Lipinski definition) is 4. The Morgan fingerprint density at radius 2 is 1.93 bits per heavy atom. The Labute approximate surface area is 178 Å². The van der Waals surface area contributed by atoms with Crippen molar-refractivity contribution in [2.75, 3.05) is 0 Å². The first-order valence-corrected chi connectivity index (χ1v) is 10.0. The molecule has 0 aliphatic carbocycles. The number of benzene rings is 3. The number of ether oxygens (including phenoxy) is 1. The highest BCUT2D eigenvalue weighted by Crippen LogP contribution is 2.27. The number of halogens is 1. The predicted octanol–water partition coefficient (Wildman–Crippen LogP) is 5.77. The zero-order valence-electron chi connectivity index (χ0n) is 15.8. The molecule has 1 aromatic heterocycles. The molecule has 0 aliphatic heterocycles. The van der Waals surface area contributed by atoms with Crippen molar-refractivity contribution in [1.29, 1.82) is 0 Å². The van der Waals surface area contributed by atoms with Crippen LogP contribution < -0.4 is 4.74 Å². The van der Waals surface area contributed by atoms with Gasteiger partial charge >= 0.3 is 0 Å². The van der Waals surface area contributed by atoms with Crippen molar-refractivity contribution in [3.05, 3.63) is 87.4 Å². The molecule has 1 N–H and O–H groups in total. The Hall–Kier alpha value is -2.96. The minimum Gasteiger partial charge on any atom is -0.488 e. The fourth-order valence-corrected chi connectivity index (χ4v) is 3.39. The number of hydrogen-bond donors (Lipinski definition) is 1. The van der Waals surface area contributed by atoms with E-state index in [-0.39, 0.29) is 0 Å². The van der Waals surface area contributed by atoms with Crippen molar-refractivity contribution in [1.82, 2.24) is 14.9 Å². The van der Waals surface area contributed by atoms with Crippen LogP contribution in [-0.4, -0.2) is 21.1 Å². The third kappa shape index (κ3) is 4.23. The lowest BCUT2D eigenvalue weighted by Crippen LogP contribution is -2.01. The number of H-pyrrole nitrogens is 1. The van der Waals surface area contributed by atoms with E-state index in [0.29, 0.717) is 16.4 Å². The van der Waals surface area contributed by atoms with Gasteiger partial charge in [0.15, 0.2) is 5.82 Å². The normalized spacial score (nSPS) is 11.4. The van der Waals surface area contributed by atoms with Gasteiger partial charge in [0.1, 0.15) is 12.4 Å². The number of nitrogens with zero attached hydrogens (tertiary/aromatic N) is 3. The van der Waals surface area contributed by atoms with Gasteiger partial charge in [-0.3, -0.25) is 5.10 Å². The molecule has 29 heavy (non-hydrogen) atoms. The molecule has 0 spiro atoms. The third-order valence-corrected chi connectivity index (χ3v) is 5.09. The fourth-order valence-electron chi connectivity index (χ4n) is 3.06. The summed E-state index contributed by atoms with van der Waals surface area (Å²) < 4.78 is 8.23. The average molecular weight is 423 g/mol. The lowest BCUT2D eigenvalue weighted by molar-refractivity contribution is 0.306. The molecule has 0 atom stereocenters. The summed E-state index contributed by atoms with van der Waals surface area (Å²) in [5, 5.41) is 14.4. The quantitative estimate of drug-likeness (QED) is 0.317. The van der Waals surface area contributed by atoms with Gasteiger partial charge in [-0.25, -0.2) is 0 Å². The van der Waals surface area contributed by atoms with Crippen LogP contribution in [0.15, 0.2) is 65.8 Å². The van der Waals surface area contributed by atoms with Crippen LogP contribution in [-0.2, 0) is 13.0 Å². The molecular formula is C22H19ClN4OS. The summed E-state index contributed by atoms with van der Waals surface area (Å²) in [5.41, 5.74) is 1.93. The van der Waals surface area contributed by atoms with Crippen LogP contribution in [0, 0.1) is 4.77 Å². The molecule has 0 amide bonds. The Balaban J connectivity index is 1.72. The first-order chi connectivity index (χ1) is 14.2. The highest BCUT2D eigenvalue weighted by atomic mass is 35.5. The summed E-state index contributed by atoms with van der Waals surface area (Å²) in [6.07, 6.45) is 2.50. The zero-order valence-corrected chi connectivity index (χ0v) is 17.4. The molecular weight excluding hydrogens is 404 g/mol. The maximum absolute atomic E-state index is 6.13. The minimum absolute atomic E-state index is 0.432. The highest BCUT2D eigenvalue weighted by Gasteiger charge is 2.09. The summed E-state index contributed by atoms with van der Waals surface area (Å²) in [7, 11) is 0. The van der Waals surface area contributed by atoms with Crippen molar-refractivity contribution < 1.29 is 4.74 Å². The van der Waals surface area contributed by atoms with E-state index in [2.05, 4.69) is 27.4 Å². The second-order valence-electron chi connectivity index (χ2n) is 6.47. The molecule has 5 nitrogen and oxygen atoms in total. The van der Waals surface area contributed by atoms with Crippen molar-refractivity contribution in [2.45, 2.75) is 20.0 Å². The Morgan fingerprint density at radius 3 is 2.72 bits per heavy atom. The van der Waals surface area contributed by atoms with Crippen molar-refractivity contribution in [3.63, 3.8) is 0 Å². The maximum Gasteiger partial charge on any atom is 0.216 e. The Morgan fingerprint density at radius 1 is 1.14 bits per heavy atom. The number of aromatic nitrogens is 3. The molecule has 3 aromatic carbocycles. The second-order valence-corrected chi connectivity index (χ2v) is 7.29. The van der Waals surface area contributed by atoms with Crippen LogP contribution in [0.5, 0.6) is 5.75 Å². The van der Waals surface area contributed by atoms with Crippen molar-refractivity contribution in [3.8, 4) is 5.75 Å². The van der Waals surface area contributed by atoms with Gasteiger partial charge in [-0.2, -0.15) is 14.9 Å². The number of rotatable bonds is 6. The van der Waals surface area contributed by atoms with Gasteiger partial charge in [0, 0.05) is 17.0 Å². The standard InChI is InChI=1S/C22H19ClN4OS/c1-2-21-25-26-22(29)27(21)24-13-19-18-6-4-3-5-16(18)9-12-20(19)28-14-15-7-10-17(23)11-8-15/h3-13H,2,14H2,1H3,(H,26,29)/b24-13-. The molecule has 0 fully saturated rings. The largest absolute Gasteiger partial charge is 0.488 e. The Kier molecular flexibility index (Phi) is 5.74. The first kappa shape index (κ1) is 19.4. The van der Waals surface area contributed by atoms with E-state index in [0.717, 1.165) is 39.9 Å². The van der Waals surface area contributed by atoms with Gasteiger partial charge in [0.25, 0.3) is 0 Å². The molecule has 0 bridgehead atoms. The zero-order chi connectivity index (χ0) is 20.2. The van der Waals surface area contributed by atoms with E-state index in [1.165, 1.54) is 0 Å². The van der Waals surface area contributed by atoms with Gasteiger partial charge in [-0.1, -0.05) is 61.0 Å². The lowest BCUT2D eigenvalue weighted by atomic mass is 10.0. The summed E-state index contributed by atoms with van der Waals surface area (Å²) in [6.45, 7) is 2.44. The van der Waals surface area contributed by atoms with Crippen LogP contribution in [0.25, 0.3) is 10.8 Å². The first-order valence-electron chi connectivity index (χ1n) is 9.25. The minimum atomic E-state index is 0.432. The van der Waals surface area contributed by atoms with Gasteiger partial charge in [-0.05, 0) is 46.8 Å². The molecule has 4 aromatic rings. The smallest absolute Gasteiger partial charge is 0.216 e. The number of fused-ring (bicyclic) bond motifs is 1. The predicted molar refractivity (Wildman–Crippen MR) is 120 cm³/mol. The van der Waals surface area contributed by atoms with Crippen molar-refractivity contribution >= 4 is 40.8 Å². The van der Waals surface area contributed by atoms with Crippen LogP contribution in [0.1, 0.15) is 23.9 Å². The van der Waals surface area contributed by atoms with Gasteiger partial charge in [0.2, 0.25) is 4.77 Å². The van der Waals surface area contributed by atoms with Crippen LogP contribution in [0.3, 0.4) is 0 Å². The van der Waals surface area contributed by atoms with Gasteiger partial charge < -0.3 is 4.74 Å². The van der Waals surface area contributed by atoms with E-state index < -0.39 is 0 Å². The summed E-state index contributed by atoms with van der Waals surface area (Å²) in [5.74, 6) is 1.52. The molecule has 146 valence electrons. The topological polar surface area (TPSA) is 55.2 Å². The molecule has 7 heteroatoms. The molecule has 0 radical (unpaired) electrons. The fraction of sp³-hybridized carbons (Fsp3) is 0.136. The molecule has 0 unspecified atom stereocenters. The van der Waals surface area contributed by atoms with Crippen molar-refractivity contribution in [2.24, 2.45) is 5.10 Å². The van der Waals surface area contributed by atoms with Crippen LogP contribution in [0.2, 0.25) is 5.02 Å². The number of nitrogens with one attached hydrogen (secondary N) is 1. The second kappa shape index (κ2) is 8.59. The summed E-state index contributed by atoms with van der Waals surface area (Å²) >= 11 is 11.3. The lowest BCUT2D eigenvalue weighted by Gasteiger charge is -2.12. The van der Waals surface area contributed by atoms with E-state index in [1.54, 1.807) is 10.9 Å². The number of aryl methyl sites for hydroxylation is 1. The molecule has 0 aliphatic rings. The van der Waals surface area contributed by atoms with Gasteiger partial charge in [0.05, 0.1) is 6.21 Å². The van der Waals surface area contributed by atoms with E-state index in [4.69, 9.17) is 28.6 Å². The molecule has 4 rings (SSSR count). The highest BCUT2D eigenvalue weighted by molar-refractivity contribution is 7.71. The molecule has 0 saturated carbocycles.